The lowest BCUT2D eigenvalue weighted by Gasteiger charge is -2.39. The average Bonchev–Trinajstić information content (AvgIpc) is 2.45. The number of phenolic OH excluding ortho intramolecular Hbond substituents is 1. The van der Waals surface area contributed by atoms with E-state index in [1.807, 2.05) is 13.8 Å². The highest BCUT2D eigenvalue weighted by Gasteiger charge is 2.46. The molecule has 2 unspecified atom stereocenters. The van der Waals surface area contributed by atoms with Gasteiger partial charge in [-0.3, -0.25) is 10.2 Å². The lowest BCUT2D eigenvalue weighted by Crippen LogP contribution is -2.38. The van der Waals surface area contributed by atoms with E-state index >= 15 is 0 Å². The van der Waals surface area contributed by atoms with Gasteiger partial charge in [0, 0.05) is 24.3 Å². The van der Waals surface area contributed by atoms with E-state index in [1.165, 1.54) is 12.1 Å². The Balaban J connectivity index is 2.16. The third-order valence-corrected chi connectivity index (χ3v) is 4.43. The van der Waals surface area contributed by atoms with E-state index in [0.717, 1.165) is 5.56 Å². The monoisotopic (exact) mass is 310 g/mol. The van der Waals surface area contributed by atoms with Crippen molar-refractivity contribution in [3.63, 3.8) is 0 Å². The molecule has 1 aliphatic carbocycles. The number of aromatic hydroxyl groups is 1. The van der Waals surface area contributed by atoms with Crippen molar-refractivity contribution in [1.82, 2.24) is 0 Å². The van der Waals surface area contributed by atoms with Crippen LogP contribution in [0.5, 0.6) is 5.75 Å². The molecule has 118 valence electrons. The molecule has 0 spiro atoms. The molecule has 2 atom stereocenters. The average molecular weight is 310 g/mol. The second kappa shape index (κ2) is 5.24. The summed E-state index contributed by atoms with van der Waals surface area (Å²) >= 11 is 0. The van der Waals surface area contributed by atoms with Gasteiger partial charge in [-0.15, -0.1) is 0 Å². The summed E-state index contributed by atoms with van der Waals surface area (Å²) in [6, 6.07) is 8.54. The number of nitrogens with one attached hydrogen (secondary N) is 1. The molecule has 0 saturated carbocycles. The Labute approximate surface area is 134 Å². The number of allylic oxidation sites excluding steroid dienone is 2. The van der Waals surface area contributed by atoms with E-state index in [4.69, 9.17) is 10.1 Å². The van der Waals surface area contributed by atoms with Crippen LogP contribution in [0.2, 0.25) is 0 Å². The van der Waals surface area contributed by atoms with Gasteiger partial charge in [-0.2, -0.15) is 5.26 Å². The van der Waals surface area contributed by atoms with Crippen LogP contribution in [0.15, 0.2) is 35.6 Å². The Hall–Kier alpha value is -2.61. The van der Waals surface area contributed by atoms with Gasteiger partial charge >= 0.3 is 0 Å². The second-order valence-corrected chi connectivity index (χ2v) is 6.92. The van der Waals surface area contributed by atoms with Crippen molar-refractivity contribution in [3.05, 3.63) is 41.2 Å². The number of phenols is 1. The van der Waals surface area contributed by atoms with Gasteiger partial charge < -0.3 is 9.84 Å². The summed E-state index contributed by atoms with van der Waals surface area (Å²) in [4.78, 5) is 12.7. The van der Waals surface area contributed by atoms with E-state index in [9.17, 15) is 15.2 Å². The molecule has 0 radical (unpaired) electrons. The molecule has 2 N–H and O–H groups in total. The summed E-state index contributed by atoms with van der Waals surface area (Å²) in [5.41, 5.74) is 1.04. The van der Waals surface area contributed by atoms with Gasteiger partial charge in [-0.1, -0.05) is 26.0 Å². The Morgan fingerprint density at radius 1 is 1.30 bits per heavy atom. The van der Waals surface area contributed by atoms with E-state index in [2.05, 4.69) is 6.07 Å². The van der Waals surface area contributed by atoms with Gasteiger partial charge in [0.15, 0.2) is 5.78 Å². The van der Waals surface area contributed by atoms with Crippen LogP contribution in [0.3, 0.4) is 0 Å². The minimum Gasteiger partial charge on any atom is -0.508 e. The number of carbonyl (C=O) groups is 1. The predicted octanol–water partition coefficient (Wildman–Crippen LogP) is 3.27. The van der Waals surface area contributed by atoms with Crippen LogP contribution in [-0.4, -0.2) is 16.8 Å². The van der Waals surface area contributed by atoms with Crippen LogP contribution in [-0.2, 0) is 9.53 Å². The largest absolute Gasteiger partial charge is 0.508 e. The van der Waals surface area contributed by atoms with Crippen molar-refractivity contribution in [2.75, 3.05) is 0 Å². The summed E-state index contributed by atoms with van der Waals surface area (Å²) in [6.07, 6.45) is 0.971. The fourth-order valence-corrected chi connectivity index (χ4v) is 3.40. The summed E-state index contributed by atoms with van der Waals surface area (Å²) in [6.45, 7) is 3.99. The predicted molar refractivity (Wildman–Crippen MR) is 83.8 cm³/mol. The highest BCUT2D eigenvalue weighted by atomic mass is 16.5. The molecular weight excluding hydrogens is 292 g/mol. The molecule has 0 amide bonds. The van der Waals surface area contributed by atoms with E-state index in [0.29, 0.717) is 24.2 Å². The molecule has 1 aromatic rings. The van der Waals surface area contributed by atoms with Crippen LogP contribution in [0.1, 0.15) is 38.2 Å². The van der Waals surface area contributed by atoms with Crippen molar-refractivity contribution in [1.29, 1.82) is 10.7 Å². The van der Waals surface area contributed by atoms with Gasteiger partial charge in [0.25, 0.3) is 0 Å². The normalized spacial score (nSPS) is 26.3. The Bertz CT molecular complexity index is 753. The molecule has 0 bridgehead atoms. The molecule has 1 aromatic carbocycles. The lowest BCUT2D eigenvalue weighted by molar-refractivity contribution is -0.119. The fraction of sp³-hybridized carbons (Fsp3) is 0.389. The Kier molecular flexibility index (Phi) is 3.48. The number of carbonyl (C=O) groups excluding carboxylic acids is 1. The molecule has 2 aliphatic rings. The number of benzene rings is 1. The van der Waals surface area contributed by atoms with Crippen molar-refractivity contribution >= 4 is 11.7 Å². The highest BCUT2D eigenvalue weighted by molar-refractivity contribution is 6.01. The SMILES string of the molecule is CC1(C)CC(=O)C2=C(C1)OC(=N)C(C#N)C2c1ccc(O)cc1. The van der Waals surface area contributed by atoms with Gasteiger partial charge in [0.2, 0.25) is 5.90 Å². The Morgan fingerprint density at radius 3 is 2.57 bits per heavy atom. The third-order valence-electron chi connectivity index (χ3n) is 4.43. The summed E-state index contributed by atoms with van der Waals surface area (Å²) in [7, 11) is 0. The van der Waals surface area contributed by atoms with Gasteiger partial charge in [-0.05, 0) is 23.1 Å². The molecular formula is C18H18N2O3. The second-order valence-electron chi connectivity index (χ2n) is 6.92. The molecule has 5 nitrogen and oxygen atoms in total. The van der Waals surface area contributed by atoms with Crippen molar-refractivity contribution in [2.45, 2.75) is 32.6 Å². The standard InChI is InChI=1S/C18H18N2O3/c1-18(2)7-13(22)16-14(8-18)23-17(20)12(9-19)15(16)10-3-5-11(21)6-4-10/h3-6,12,15,20-21H,7-8H2,1-2H3. The van der Waals surface area contributed by atoms with Crippen LogP contribution < -0.4 is 0 Å². The fourth-order valence-electron chi connectivity index (χ4n) is 3.40. The number of hydrogen-bond donors (Lipinski definition) is 2. The molecule has 23 heavy (non-hydrogen) atoms. The molecule has 0 saturated heterocycles. The maximum absolute atomic E-state index is 12.7. The zero-order valence-electron chi connectivity index (χ0n) is 13.1. The molecule has 3 rings (SSSR count). The quantitative estimate of drug-likeness (QED) is 0.832. The van der Waals surface area contributed by atoms with E-state index in [-0.39, 0.29) is 22.8 Å². The highest BCUT2D eigenvalue weighted by Crippen LogP contribution is 2.47. The van der Waals surface area contributed by atoms with Crippen molar-refractivity contribution < 1.29 is 14.6 Å². The lowest BCUT2D eigenvalue weighted by atomic mass is 9.68. The maximum Gasteiger partial charge on any atom is 0.205 e. The number of nitrogens with zero attached hydrogens (tertiary/aromatic N) is 1. The smallest absolute Gasteiger partial charge is 0.205 e. The summed E-state index contributed by atoms with van der Waals surface area (Å²) < 4.78 is 5.55. The first-order chi connectivity index (χ1) is 10.8. The number of nitriles is 1. The summed E-state index contributed by atoms with van der Waals surface area (Å²) in [5.74, 6) is -0.851. The van der Waals surface area contributed by atoms with Crippen molar-refractivity contribution in [2.24, 2.45) is 11.3 Å². The number of Topliss-reactive ketones (excluding diaryl/α,β-unsaturated/α-hetero) is 1. The third kappa shape index (κ3) is 2.61. The first kappa shape index (κ1) is 15.3. The molecule has 5 heteroatoms. The number of rotatable bonds is 1. The topological polar surface area (TPSA) is 94.2 Å². The van der Waals surface area contributed by atoms with E-state index in [1.54, 1.807) is 12.1 Å². The van der Waals surface area contributed by atoms with E-state index < -0.39 is 11.8 Å². The van der Waals surface area contributed by atoms with Gasteiger partial charge in [0.1, 0.15) is 17.4 Å². The molecule has 1 aliphatic heterocycles. The molecule has 0 aromatic heterocycles. The Morgan fingerprint density at radius 2 is 1.96 bits per heavy atom. The van der Waals surface area contributed by atoms with Crippen LogP contribution in [0.4, 0.5) is 0 Å². The van der Waals surface area contributed by atoms with Crippen LogP contribution in [0.25, 0.3) is 0 Å². The first-order valence-electron chi connectivity index (χ1n) is 7.53. The van der Waals surface area contributed by atoms with Crippen LogP contribution >= 0.6 is 0 Å². The number of ether oxygens (including phenoxy) is 1. The maximum atomic E-state index is 12.7. The first-order valence-corrected chi connectivity index (χ1v) is 7.53. The minimum absolute atomic E-state index is 0.0259. The van der Waals surface area contributed by atoms with Gasteiger partial charge in [0.05, 0.1) is 6.07 Å². The molecule has 1 heterocycles. The zero-order valence-corrected chi connectivity index (χ0v) is 13.1. The summed E-state index contributed by atoms with van der Waals surface area (Å²) in [5, 5.41) is 27.0. The van der Waals surface area contributed by atoms with Gasteiger partial charge in [-0.25, -0.2) is 0 Å². The molecule has 0 fully saturated rings. The number of hydrogen-bond acceptors (Lipinski definition) is 5. The number of ketones is 1. The minimum atomic E-state index is -0.830. The van der Waals surface area contributed by atoms with Crippen molar-refractivity contribution in [3.8, 4) is 11.8 Å². The van der Waals surface area contributed by atoms with Crippen LogP contribution in [0, 0.1) is 28.1 Å². The zero-order chi connectivity index (χ0) is 16.8.